The second-order valence-electron chi connectivity index (χ2n) is 5.00. The average molecular weight is 328 g/mol. The Bertz CT molecular complexity index is 507. The molecule has 0 bridgehead atoms. The molecule has 1 atom stereocenters. The maximum Gasteiger partial charge on any atom is 0.242 e. The molecular formula is C15H22ClN3O3. The van der Waals surface area contributed by atoms with Crippen LogP contribution in [0.15, 0.2) is 24.3 Å². The maximum atomic E-state index is 12.2. The molecule has 1 aromatic rings. The van der Waals surface area contributed by atoms with Gasteiger partial charge in [-0.25, -0.2) is 0 Å². The van der Waals surface area contributed by atoms with E-state index in [4.69, 9.17) is 10.5 Å². The number of likely N-dealkylation sites (tertiary alicyclic amines) is 1. The van der Waals surface area contributed by atoms with E-state index in [9.17, 15) is 9.59 Å². The van der Waals surface area contributed by atoms with Crippen molar-refractivity contribution in [3.63, 3.8) is 0 Å². The number of hydrogen-bond donors (Lipinski definition) is 2. The first-order valence-electron chi connectivity index (χ1n) is 7.06. The van der Waals surface area contributed by atoms with Crippen LogP contribution < -0.4 is 15.8 Å². The third kappa shape index (κ3) is 4.35. The molecule has 1 fully saturated rings. The van der Waals surface area contributed by atoms with Gasteiger partial charge in [0.2, 0.25) is 11.8 Å². The summed E-state index contributed by atoms with van der Waals surface area (Å²) in [6.07, 6.45) is 1.90. The Kier molecular flexibility index (Phi) is 7.14. The van der Waals surface area contributed by atoms with Gasteiger partial charge < -0.3 is 20.7 Å². The molecule has 6 nitrogen and oxygen atoms in total. The zero-order valence-corrected chi connectivity index (χ0v) is 13.4. The summed E-state index contributed by atoms with van der Waals surface area (Å²) in [5.74, 6) is 0.406. The lowest BCUT2D eigenvalue weighted by atomic mass is 10.0. The number of nitrogens with zero attached hydrogens (tertiary/aromatic N) is 1. The van der Waals surface area contributed by atoms with Gasteiger partial charge >= 0.3 is 0 Å². The van der Waals surface area contributed by atoms with Crippen LogP contribution in [0.5, 0.6) is 5.75 Å². The van der Waals surface area contributed by atoms with Gasteiger partial charge in [0.25, 0.3) is 0 Å². The Balaban J connectivity index is 0.00000242. The first kappa shape index (κ1) is 18.3. The van der Waals surface area contributed by atoms with Gasteiger partial charge in [-0.3, -0.25) is 9.59 Å². The minimum Gasteiger partial charge on any atom is -0.497 e. The summed E-state index contributed by atoms with van der Waals surface area (Å²) in [6, 6.07) is 7.82. The van der Waals surface area contributed by atoms with Crippen LogP contribution >= 0.6 is 12.4 Å². The van der Waals surface area contributed by atoms with Crippen molar-refractivity contribution in [3.05, 3.63) is 29.8 Å². The van der Waals surface area contributed by atoms with E-state index in [1.807, 2.05) is 29.2 Å². The van der Waals surface area contributed by atoms with Crippen molar-refractivity contribution in [1.29, 1.82) is 0 Å². The van der Waals surface area contributed by atoms with E-state index in [1.54, 1.807) is 7.11 Å². The van der Waals surface area contributed by atoms with E-state index in [1.165, 1.54) is 0 Å². The van der Waals surface area contributed by atoms with Gasteiger partial charge in [0, 0.05) is 6.54 Å². The summed E-state index contributed by atoms with van der Waals surface area (Å²) in [6.45, 7) is 0.617. The molecule has 22 heavy (non-hydrogen) atoms. The minimum atomic E-state index is -0.316. The van der Waals surface area contributed by atoms with Crippen LogP contribution in [-0.4, -0.2) is 43.5 Å². The van der Waals surface area contributed by atoms with Gasteiger partial charge in [-0.2, -0.15) is 0 Å². The third-order valence-corrected chi connectivity index (χ3v) is 3.70. The van der Waals surface area contributed by atoms with Crippen LogP contribution in [0.2, 0.25) is 0 Å². The fourth-order valence-electron chi connectivity index (χ4n) is 2.59. The van der Waals surface area contributed by atoms with Crippen LogP contribution in [0.3, 0.4) is 0 Å². The smallest absolute Gasteiger partial charge is 0.242 e. The zero-order valence-electron chi connectivity index (χ0n) is 12.6. The minimum absolute atomic E-state index is 0. The van der Waals surface area contributed by atoms with Crippen molar-refractivity contribution in [1.82, 2.24) is 10.2 Å². The number of ether oxygens (including phenoxy) is 1. The Hall–Kier alpha value is -1.79. The predicted octanol–water partition coefficient (Wildman–Crippen LogP) is 0.855. The number of halogens is 1. The number of benzene rings is 1. The summed E-state index contributed by atoms with van der Waals surface area (Å²) in [5.41, 5.74) is 6.30. The molecule has 3 N–H and O–H groups in total. The molecule has 0 aromatic heterocycles. The zero-order chi connectivity index (χ0) is 15.2. The van der Waals surface area contributed by atoms with Crippen LogP contribution in [-0.2, 0) is 9.59 Å². The van der Waals surface area contributed by atoms with Gasteiger partial charge in [-0.1, -0.05) is 12.1 Å². The monoisotopic (exact) mass is 327 g/mol. The molecule has 122 valence electrons. The van der Waals surface area contributed by atoms with E-state index in [0.29, 0.717) is 6.54 Å². The fourth-order valence-corrected chi connectivity index (χ4v) is 2.59. The first-order valence-corrected chi connectivity index (χ1v) is 7.06. The van der Waals surface area contributed by atoms with Gasteiger partial charge in [0.15, 0.2) is 0 Å². The SMILES string of the molecule is COc1ccc(C2CCCN2C(=O)CNC(=O)CN)cc1.Cl. The van der Waals surface area contributed by atoms with Crippen molar-refractivity contribution in [2.24, 2.45) is 5.73 Å². The Morgan fingerprint density at radius 2 is 2.05 bits per heavy atom. The van der Waals surface area contributed by atoms with Gasteiger partial charge in [0.1, 0.15) is 5.75 Å². The number of amides is 2. The molecule has 0 spiro atoms. The third-order valence-electron chi connectivity index (χ3n) is 3.70. The van der Waals surface area contributed by atoms with Crippen LogP contribution in [0.25, 0.3) is 0 Å². The molecule has 2 rings (SSSR count). The highest BCUT2D eigenvalue weighted by Gasteiger charge is 2.29. The highest BCUT2D eigenvalue weighted by Crippen LogP contribution is 2.32. The molecule has 1 aliphatic heterocycles. The molecule has 7 heteroatoms. The van der Waals surface area contributed by atoms with Crippen LogP contribution in [0.1, 0.15) is 24.4 Å². The lowest BCUT2D eigenvalue weighted by molar-refractivity contribution is -0.133. The molecule has 1 saturated heterocycles. The van der Waals surface area contributed by atoms with Crippen molar-refractivity contribution >= 4 is 24.2 Å². The second kappa shape index (κ2) is 8.60. The van der Waals surface area contributed by atoms with E-state index in [-0.39, 0.29) is 43.4 Å². The first-order chi connectivity index (χ1) is 10.2. The summed E-state index contributed by atoms with van der Waals surface area (Å²) in [5, 5.41) is 2.52. The second-order valence-corrected chi connectivity index (χ2v) is 5.00. The molecule has 0 saturated carbocycles. The standard InChI is InChI=1S/C15H21N3O3.ClH/c1-21-12-6-4-11(5-7-12)13-3-2-8-18(13)15(20)10-17-14(19)9-16;/h4-7,13H,2-3,8-10,16H2,1H3,(H,17,19);1H. The van der Waals surface area contributed by atoms with E-state index in [0.717, 1.165) is 24.2 Å². The topological polar surface area (TPSA) is 84.7 Å². The number of rotatable bonds is 5. The molecular weight excluding hydrogens is 306 g/mol. The number of nitrogens with one attached hydrogen (secondary N) is 1. The summed E-state index contributed by atoms with van der Waals surface area (Å²) in [7, 11) is 1.63. The van der Waals surface area contributed by atoms with E-state index < -0.39 is 0 Å². The van der Waals surface area contributed by atoms with Crippen molar-refractivity contribution in [2.45, 2.75) is 18.9 Å². The Morgan fingerprint density at radius 1 is 1.36 bits per heavy atom. The van der Waals surface area contributed by atoms with Gasteiger partial charge in [-0.15, -0.1) is 12.4 Å². The maximum absolute atomic E-state index is 12.2. The number of hydrogen-bond acceptors (Lipinski definition) is 4. The quantitative estimate of drug-likeness (QED) is 0.840. The number of carbonyl (C=O) groups excluding carboxylic acids is 2. The summed E-state index contributed by atoms with van der Waals surface area (Å²) in [4.78, 5) is 25.2. The number of nitrogens with two attached hydrogens (primary N) is 1. The highest BCUT2D eigenvalue weighted by atomic mass is 35.5. The highest BCUT2D eigenvalue weighted by molar-refractivity contribution is 5.86. The van der Waals surface area contributed by atoms with Crippen molar-refractivity contribution in [3.8, 4) is 5.75 Å². The number of methoxy groups -OCH3 is 1. The molecule has 1 aromatic carbocycles. The Morgan fingerprint density at radius 3 is 2.64 bits per heavy atom. The largest absolute Gasteiger partial charge is 0.497 e. The van der Waals surface area contributed by atoms with Crippen LogP contribution in [0.4, 0.5) is 0 Å². The van der Waals surface area contributed by atoms with Gasteiger partial charge in [-0.05, 0) is 30.5 Å². The molecule has 1 unspecified atom stereocenters. The molecule has 0 aliphatic carbocycles. The lowest BCUT2D eigenvalue weighted by Crippen LogP contribution is -2.41. The number of carbonyl (C=O) groups is 2. The van der Waals surface area contributed by atoms with E-state index in [2.05, 4.69) is 5.32 Å². The van der Waals surface area contributed by atoms with Gasteiger partial charge in [0.05, 0.1) is 26.2 Å². The fraction of sp³-hybridized carbons (Fsp3) is 0.467. The molecule has 1 aliphatic rings. The lowest BCUT2D eigenvalue weighted by Gasteiger charge is -2.25. The molecule has 0 radical (unpaired) electrons. The van der Waals surface area contributed by atoms with E-state index >= 15 is 0 Å². The van der Waals surface area contributed by atoms with Crippen molar-refractivity contribution in [2.75, 3.05) is 26.7 Å². The average Bonchev–Trinajstić information content (AvgIpc) is 3.01. The van der Waals surface area contributed by atoms with Crippen LogP contribution in [0, 0.1) is 0 Å². The predicted molar refractivity (Wildman–Crippen MR) is 86.0 cm³/mol. The summed E-state index contributed by atoms with van der Waals surface area (Å²) < 4.78 is 5.14. The normalized spacial score (nSPS) is 16.8. The van der Waals surface area contributed by atoms with Crippen molar-refractivity contribution < 1.29 is 14.3 Å². The molecule has 1 heterocycles. The molecule has 2 amide bonds. The summed E-state index contributed by atoms with van der Waals surface area (Å²) >= 11 is 0. The Labute approximate surface area is 136 Å².